The summed E-state index contributed by atoms with van der Waals surface area (Å²) in [5.41, 5.74) is 2.98. The van der Waals surface area contributed by atoms with Gasteiger partial charge in [0.2, 0.25) is 11.8 Å². The molecule has 0 spiro atoms. The van der Waals surface area contributed by atoms with E-state index in [0.717, 1.165) is 35.9 Å². The van der Waals surface area contributed by atoms with Crippen LogP contribution in [0.3, 0.4) is 0 Å². The maximum atomic E-state index is 13.0. The fraction of sp³-hybridized carbons (Fsp3) is 0.375. The maximum Gasteiger partial charge on any atom is 0.253 e. The third kappa shape index (κ3) is 4.46. The van der Waals surface area contributed by atoms with Crippen molar-refractivity contribution in [1.82, 2.24) is 15.2 Å². The SMILES string of the molecule is CO[C@H](C)C(=O)N[C@H]1CC[C@@H](N(C)C(=O)c2ccc(-c3nc4ccccc4o3)cc2)C1. The van der Waals surface area contributed by atoms with Gasteiger partial charge < -0.3 is 19.4 Å². The van der Waals surface area contributed by atoms with Gasteiger partial charge in [0.25, 0.3) is 5.91 Å². The number of aromatic nitrogens is 1. The Bertz CT molecular complexity index is 1040. The van der Waals surface area contributed by atoms with Gasteiger partial charge in [0.05, 0.1) is 0 Å². The second kappa shape index (κ2) is 8.89. The van der Waals surface area contributed by atoms with Crippen LogP contribution in [0.4, 0.5) is 0 Å². The number of carbonyl (C=O) groups is 2. The van der Waals surface area contributed by atoms with Gasteiger partial charge in [-0.25, -0.2) is 4.98 Å². The van der Waals surface area contributed by atoms with Crippen LogP contribution in [-0.4, -0.2) is 54.0 Å². The number of methoxy groups -OCH3 is 1. The molecule has 3 aromatic rings. The molecule has 0 aliphatic heterocycles. The van der Waals surface area contributed by atoms with Crippen molar-refractivity contribution < 1.29 is 18.7 Å². The van der Waals surface area contributed by atoms with E-state index in [1.165, 1.54) is 7.11 Å². The molecule has 2 amide bonds. The molecule has 31 heavy (non-hydrogen) atoms. The standard InChI is InChI=1S/C24H27N3O4/c1-15(30-3)22(28)25-18-12-13-19(14-18)27(2)24(29)17-10-8-16(9-11-17)23-26-20-6-4-5-7-21(20)31-23/h4-11,15,18-19H,12-14H2,1-3H3,(H,25,28)/t15-,18+,19-/m1/s1. The van der Waals surface area contributed by atoms with Crippen LogP contribution in [0, 0.1) is 0 Å². The first-order chi connectivity index (χ1) is 15.0. The summed E-state index contributed by atoms with van der Waals surface area (Å²) in [7, 11) is 3.34. The molecule has 1 fully saturated rings. The number of nitrogens with one attached hydrogen (secondary N) is 1. The Labute approximate surface area is 181 Å². The molecule has 0 saturated heterocycles. The van der Waals surface area contributed by atoms with E-state index in [0.29, 0.717) is 11.5 Å². The molecule has 7 heteroatoms. The van der Waals surface area contributed by atoms with Crippen LogP contribution in [0.5, 0.6) is 0 Å². The van der Waals surface area contributed by atoms with Crippen molar-refractivity contribution in [1.29, 1.82) is 0 Å². The molecule has 1 N–H and O–H groups in total. The van der Waals surface area contributed by atoms with Gasteiger partial charge in [-0.05, 0) is 62.6 Å². The minimum Gasteiger partial charge on any atom is -0.436 e. The lowest BCUT2D eigenvalue weighted by atomic mass is 10.1. The van der Waals surface area contributed by atoms with Crippen LogP contribution >= 0.6 is 0 Å². The normalized spacial score (nSPS) is 19.3. The first kappa shape index (κ1) is 21.1. The highest BCUT2D eigenvalue weighted by molar-refractivity contribution is 5.94. The summed E-state index contributed by atoms with van der Waals surface area (Å²) in [6.45, 7) is 1.72. The van der Waals surface area contributed by atoms with E-state index >= 15 is 0 Å². The van der Waals surface area contributed by atoms with Crippen LogP contribution in [0.1, 0.15) is 36.5 Å². The smallest absolute Gasteiger partial charge is 0.253 e. The van der Waals surface area contributed by atoms with E-state index in [1.54, 1.807) is 24.0 Å². The van der Waals surface area contributed by atoms with Crippen molar-refractivity contribution in [3.8, 4) is 11.5 Å². The van der Waals surface area contributed by atoms with E-state index < -0.39 is 6.10 Å². The van der Waals surface area contributed by atoms with Gasteiger partial charge in [0.15, 0.2) is 5.58 Å². The number of ether oxygens (including phenoxy) is 1. The zero-order chi connectivity index (χ0) is 22.0. The Morgan fingerprint density at radius 2 is 1.90 bits per heavy atom. The Hall–Kier alpha value is -3.19. The van der Waals surface area contributed by atoms with Gasteiger partial charge in [-0.2, -0.15) is 0 Å². The molecule has 1 aliphatic rings. The third-order valence-corrected chi connectivity index (χ3v) is 6.01. The van der Waals surface area contributed by atoms with E-state index in [9.17, 15) is 9.59 Å². The fourth-order valence-corrected chi connectivity index (χ4v) is 3.99. The number of carbonyl (C=O) groups excluding carboxylic acids is 2. The van der Waals surface area contributed by atoms with Crippen LogP contribution < -0.4 is 5.32 Å². The number of fused-ring (bicyclic) bond motifs is 1. The molecule has 1 heterocycles. The minimum atomic E-state index is -0.474. The summed E-state index contributed by atoms with van der Waals surface area (Å²) in [5.74, 6) is 0.386. The van der Waals surface area contributed by atoms with Crippen molar-refractivity contribution in [2.24, 2.45) is 0 Å². The van der Waals surface area contributed by atoms with Crippen LogP contribution in [0.2, 0.25) is 0 Å². The van der Waals surface area contributed by atoms with Crippen LogP contribution in [0.25, 0.3) is 22.6 Å². The van der Waals surface area contributed by atoms with Crippen LogP contribution in [0.15, 0.2) is 52.9 Å². The molecular formula is C24H27N3O4. The third-order valence-electron chi connectivity index (χ3n) is 6.01. The van der Waals surface area contributed by atoms with E-state index in [4.69, 9.17) is 9.15 Å². The summed E-state index contributed by atoms with van der Waals surface area (Å²) >= 11 is 0. The van der Waals surface area contributed by atoms with E-state index in [2.05, 4.69) is 10.3 Å². The quantitative estimate of drug-likeness (QED) is 0.657. The molecular weight excluding hydrogens is 394 g/mol. The number of oxazole rings is 1. The molecule has 1 aliphatic carbocycles. The number of hydrogen-bond acceptors (Lipinski definition) is 5. The molecule has 0 radical (unpaired) electrons. The number of hydrogen-bond donors (Lipinski definition) is 1. The number of rotatable bonds is 6. The lowest BCUT2D eigenvalue weighted by molar-refractivity contribution is -0.130. The van der Waals surface area contributed by atoms with Gasteiger partial charge in [-0.1, -0.05) is 12.1 Å². The first-order valence-electron chi connectivity index (χ1n) is 10.5. The van der Waals surface area contributed by atoms with Crippen molar-refractivity contribution >= 4 is 22.9 Å². The van der Waals surface area contributed by atoms with E-state index in [1.807, 2.05) is 43.4 Å². The number of nitrogens with zero attached hydrogens (tertiary/aromatic N) is 2. The Morgan fingerprint density at radius 1 is 1.16 bits per heavy atom. The minimum absolute atomic E-state index is 0.0358. The summed E-state index contributed by atoms with van der Waals surface area (Å²) < 4.78 is 10.9. The molecule has 4 rings (SSSR count). The van der Waals surface area contributed by atoms with Gasteiger partial charge in [-0.3, -0.25) is 9.59 Å². The number of amides is 2. The summed E-state index contributed by atoms with van der Waals surface area (Å²) in [5, 5.41) is 3.01. The van der Waals surface area contributed by atoms with Crippen molar-refractivity contribution in [3.05, 3.63) is 54.1 Å². The predicted molar refractivity (Wildman–Crippen MR) is 118 cm³/mol. The molecule has 162 valence electrons. The number of para-hydroxylation sites is 2. The summed E-state index contributed by atoms with van der Waals surface area (Å²) in [4.78, 5) is 31.3. The van der Waals surface area contributed by atoms with Crippen molar-refractivity contribution in [2.45, 2.75) is 44.4 Å². The van der Waals surface area contributed by atoms with Crippen molar-refractivity contribution in [2.75, 3.05) is 14.2 Å². The van der Waals surface area contributed by atoms with E-state index in [-0.39, 0.29) is 23.9 Å². The van der Waals surface area contributed by atoms with Crippen LogP contribution in [-0.2, 0) is 9.53 Å². The second-order valence-corrected chi connectivity index (χ2v) is 8.03. The first-order valence-corrected chi connectivity index (χ1v) is 10.5. The highest BCUT2D eigenvalue weighted by atomic mass is 16.5. The zero-order valence-corrected chi connectivity index (χ0v) is 18.0. The largest absolute Gasteiger partial charge is 0.436 e. The second-order valence-electron chi connectivity index (χ2n) is 8.03. The highest BCUT2D eigenvalue weighted by Crippen LogP contribution is 2.27. The van der Waals surface area contributed by atoms with Gasteiger partial charge >= 0.3 is 0 Å². The Kier molecular flexibility index (Phi) is 6.04. The van der Waals surface area contributed by atoms with Gasteiger partial charge in [0.1, 0.15) is 11.6 Å². The lowest BCUT2D eigenvalue weighted by Crippen LogP contribution is -2.41. The zero-order valence-electron chi connectivity index (χ0n) is 18.0. The van der Waals surface area contributed by atoms with Gasteiger partial charge in [-0.15, -0.1) is 0 Å². The lowest BCUT2D eigenvalue weighted by Gasteiger charge is -2.25. The molecule has 7 nitrogen and oxygen atoms in total. The highest BCUT2D eigenvalue weighted by Gasteiger charge is 2.31. The molecule has 1 saturated carbocycles. The average molecular weight is 421 g/mol. The molecule has 1 aromatic heterocycles. The summed E-state index contributed by atoms with van der Waals surface area (Å²) in [6, 6.07) is 15.1. The monoisotopic (exact) mass is 421 g/mol. The fourth-order valence-electron chi connectivity index (χ4n) is 3.99. The Balaban J connectivity index is 1.39. The Morgan fingerprint density at radius 3 is 2.61 bits per heavy atom. The predicted octanol–water partition coefficient (Wildman–Crippen LogP) is 3.64. The molecule has 3 atom stereocenters. The molecule has 0 bridgehead atoms. The van der Waals surface area contributed by atoms with Crippen molar-refractivity contribution in [3.63, 3.8) is 0 Å². The average Bonchev–Trinajstić information content (AvgIpc) is 3.44. The van der Waals surface area contributed by atoms with Gasteiger partial charge in [0, 0.05) is 37.4 Å². The topological polar surface area (TPSA) is 84.7 Å². The molecule has 2 aromatic carbocycles. The maximum absolute atomic E-state index is 13.0. The molecule has 0 unspecified atom stereocenters. The number of benzene rings is 2. The summed E-state index contributed by atoms with van der Waals surface area (Å²) in [6.07, 6.45) is 1.97.